The number of rotatable bonds is 7. The maximum Gasteiger partial charge on any atom is 0.228 e. The molecule has 25 heavy (non-hydrogen) atoms. The number of nitrogens with one attached hydrogen (secondary N) is 2. The summed E-state index contributed by atoms with van der Waals surface area (Å²) in [6, 6.07) is 8.00. The van der Waals surface area contributed by atoms with Crippen LogP contribution >= 0.6 is 0 Å². The molecule has 0 aromatic heterocycles. The Morgan fingerprint density at radius 1 is 1.08 bits per heavy atom. The number of carbonyl (C=O) groups excluding carboxylic acids is 2. The zero-order valence-corrected chi connectivity index (χ0v) is 15.1. The van der Waals surface area contributed by atoms with Gasteiger partial charge in [-0.2, -0.15) is 0 Å². The molecule has 2 atom stereocenters. The van der Waals surface area contributed by atoms with Gasteiger partial charge in [0.1, 0.15) is 0 Å². The van der Waals surface area contributed by atoms with Crippen LogP contribution in [0.4, 0.5) is 11.4 Å². The highest BCUT2D eigenvalue weighted by molar-refractivity contribution is 5.99. The summed E-state index contributed by atoms with van der Waals surface area (Å²) in [5.74, 6) is -0.434. The van der Waals surface area contributed by atoms with Crippen molar-refractivity contribution >= 4 is 23.2 Å². The first kappa shape index (κ1) is 17.7. The first-order valence-corrected chi connectivity index (χ1v) is 9.13. The average molecular weight is 344 g/mol. The molecule has 2 fully saturated rings. The maximum atomic E-state index is 12.3. The van der Waals surface area contributed by atoms with Gasteiger partial charge < -0.3 is 20.4 Å². The summed E-state index contributed by atoms with van der Waals surface area (Å²) in [7, 11) is 3.93. The van der Waals surface area contributed by atoms with Gasteiger partial charge in [-0.05, 0) is 57.6 Å². The lowest BCUT2D eigenvalue weighted by Crippen LogP contribution is -2.33. The third-order valence-electron chi connectivity index (χ3n) is 4.93. The molecule has 0 radical (unpaired) electrons. The second kappa shape index (κ2) is 7.87. The summed E-state index contributed by atoms with van der Waals surface area (Å²) in [6.45, 7) is 3.64. The van der Waals surface area contributed by atoms with E-state index in [1.165, 1.54) is 18.5 Å². The molecule has 2 amide bonds. The number of nitrogens with zero attached hydrogens (tertiary/aromatic N) is 2. The molecule has 1 saturated heterocycles. The van der Waals surface area contributed by atoms with Gasteiger partial charge in [-0.1, -0.05) is 0 Å². The number of amides is 2. The molecule has 1 aromatic rings. The Labute approximate surface area is 149 Å². The van der Waals surface area contributed by atoms with E-state index < -0.39 is 0 Å². The van der Waals surface area contributed by atoms with Gasteiger partial charge >= 0.3 is 0 Å². The minimum absolute atomic E-state index is 0.00798. The van der Waals surface area contributed by atoms with Gasteiger partial charge in [0, 0.05) is 37.6 Å². The highest BCUT2D eigenvalue weighted by Gasteiger charge is 2.47. The standard InChI is InChI=1S/C19H28N4O2/c1-22(2)12-9-20-18(24)16-13-17(16)19(25)21-14-5-7-15(8-6-14)23-10-3-4-11-23/h5-8,16-17H,3-4,9-13H2,1-2H3,(H,20,24)(H,21,25). The molecule has 1 aliphatic carbocycles. The lowest BCUT2D eigenvalue weighted by Gasteiger charge is -2.17. The molecule has 2 aliphatic rings. The van der Waals surface area contributed by atoms with Crippen LogP contribution in [-0.2, 0) is 9.59 Å². The molecule has 1 aromatic carbocycles. The first-order valence-electron chi connectivity index (χ1n) is 9.13. The van der Waals surface area contributed by atoms with Crippen LogP contribution < -0.4 is 15.5 Å². The van der Waals surface area contributed by atoms with Crippen LogP contribution in [0, 0.1) is 11.8 Å². The van der Waals surface area contributed by atoms with Gasteiger partial charge in [0.05, 0.1) is 11.8 Å². The topological polar surface area (TPSA) is 64.7 Å². The van der Waals surface area contributed by atoms with Gasteiger partial charge in [-0.15, -0.1) is 0 Å². The van der Waals surface area contributed by atoms with E-state index in [0.29, 0.717) is 13.0 Å². The van der Waals surface area contributed by atoms with Crippen molar-refractivity contribution in [3.8, 4) is 0 Å². The van der Waals surface area contributed by atoms with Gasteiger partial charge in [0.2, 0.25) is 11.8 Å². The second-order valence-electron chi connectivity index (χ2n) is 7.27. The number of anilines is 2. The van der Waals surface area contributed by atoms with E-state index in [9.17, 15) is 9.59 Å². The fourth-order valence-electron chi connectivity index (χ4n) is 3.27. The summed E-state index contributed by atoms with van der Waals surface area (Å²) in [6.07, 6.45) is 3.14. The minimum Gasteiger partial charge on any atom is -0.372 e. The lowest BCUT2D eigenvalue weighted by molar-refractivity contribution is -0.125. The van der Waals surface area contributed by atoms with E-state index in [2.05, 4.69) is 27.7 Å². The van der Waals surface area contributed by atoms with Gasteiger partial charge in [0.25, 0.3) is 0 Å². The van der Waals surface area contributed by atoms with Crippen molar-refractivity contribution in [1.82, 2.24) is 10.2 Å². The first-order chi connectivity index (χ1) is 12.0. The maximum absolute atomic E-state index is 12.3. The van der Waals surface area contributed by atoms with E-state index in [0.717, 1.165) is 25.3 Å². The van der Waals surface area contributed by atoms with Gasteiger partial charge in [-0.25, -0.2) is 0 Å². The van der Waals surface area contributed by atoms with Crippen molar-refractivity contribution in [3.05, 3.63) is 24.3 Å². The molecule has 136 valence electrons. The summed E-state index contributed by atoms with van der Waals surface area (Å²) >= 11 is 0. The van der Waals surface area contributed by atoms with Crippen molar-refractivity contribution in [2.45, 2.75) is 19.3 Å². The Morgan fingerprint density at radius 3 is 2.36 bits per heavy atom. The average Bonchev–Trinajstić information content (AvgIpc) is 3.21. The van der Waals surface area contributed by atoms with Crippen LogP contribution in [0.2, 0.25) is 0 Å². The van der Waals surface area contributed by atoms with Crippen molar-refractivity contribution in [2.75, 3.05) is 50.5 Å². The van der Waals surface area contributed by atoms with Gasteiger partial charge in [0.15, 0.2) is 0 Å². The number of benzene rings is 1. The molecule has 2 unspecified atom stereocenters. The number of hydrogen-bond donors (Lipinski definition) is 2. The Bertz CT molecular complexity index is 608. The highest BCUT2D eigenvalue weighted by atomic mass is 16.2. The normalized spacial score (nSPS) is 22.1. The molecule has 6 heteroatoms. The molecule has 1 aliphatic heterocycles. The number of carbonyl (C=O) groups is 2. The fraction of sp³-hybridized carbons (Fsp3) is 0.579. The quantitative estimate of drug-likeness (QED) is 0.787. The smallest absolute Gasteiger partial charge is 0.228 e. The molecule has 0 bridgehead atoms. The Kier molecular flexibility index (Phi) is 5.58. The minimum atomic E-state index is -0.197. The van der Waals surface area contributed by atoms with E-state index in [4.69, 9.17) is 0 Å². The number of likely N-dealkylation sites (N-methyl/N-ethyl adjacent to an activating group) is 1. The molecule has 0 spiro atoms. The Balaban J connectivity index is 1.44. The highest BCUT2D eigenvalue weighted by Crippen LogP contribution is 2.39. The van der Waals surface area contributed by atoms with Crippen molar-refractivity contribution in [1.29, 1.82) is 0 Å². The molecule has 1 heterocycles. The van der Waals surface area contributed by atoms with Crippen LogP contribution in [0.3, 0.4) is 0 Å². The van der Waals surface area contributed by atoms with E-state index in [-0.39, 0.29) is 23.7 Å². The van der Waals surface area contributed by atoms with Crippen LogP contribution in [0.1, 0.15) is 19.3 Å². The largest absolute Gasteiger partial charge is 0.372 e. The summed E-state index contributed by atoms with van der Waals surface area (Å²) in [4.78, 5) is 28.7. The predicted octanol–water partition coefficient (Wildman–Crippen LogP) is 1.54. The molecular formula is C19H28N4O2. The third kappa shape index (κ3) is 4.72. The lowest BCUT2D eigenvalue weighted by atomic mass is 10.2. The SMILES string of the molecule is CN(C)CCNC(=O)C1CC1C(=O)Nc1ccc(N2CCCC2)cc1. The zero-order chi connectivity index (χ0) is 17.8. The molecule has 1 saturated carbocycles. The van der Waals surface area contributed by atoms with Crippen LogP contribution in [0.5, 0.6) is 0 Å². The van der Waals surface area contributed by atoms with Crippen LogP contribution in [-0.4, -0.2) is 57.0 Å². The zero-order valence-electron chi connectivity index (χ0n) is 15.1. The number of hydrogen-bond acceptors (Lipinski definition) is 4. The summed E-state index contributed by atoms with van der Waals surface area (Å²) in [5.41, 5.74) is 2.01. The molecule has 3 rings (SSSR count). The van der Waals surface area contributed by atoms with Crippen molar-refractivity contribution in [2.24, 2.45) is 11.8 Å². The van der Waals surface area contributed by atoms with E-state index in [1.807, 2.05) is 31.1 Å². The summed E-state index contributed by atoms with van der Waals surface area (Å²) < 4.78 is 0. The van der Waals surface area contributed by atoms with Crippen LogP contribution in [0.25, 0.3) is 0 Å². The fourth-order valence-corrected chi connectivity index (χ4v) is 3.27. The van der Waals surface area contributed by atoms with E-state index in [1.54, 1.807) is 0 Å². The summed E-state index contributed by atoms with van der Waals surface area (Å²) in [5, 5.41) is 5.83. The van der Waals surface area contributed by atoms with Crippen LogP contribution in [0.15, 0.2) is 24.3 Å². The van der Waals surface area contributed by atoms with Crippen molar-refractivity contribution < 1.29 is 9.59 Å². The van der Waals surface area contributed by atoms with E-state index >= 15 is 0 Å². The monoisotopic (exact) mass is 344 g/mol. The molecule has 2 N–H and O–H groups in total. The molecule has 6 nitrogen and oxygen atoms in total. The second-order valence-corrected chi connectivity index (χ2v) is 7.27. The van der Waals surface area contributed by atoms with Crippen molar-refractivity contribution in [3.63, 3.8) is 0 Å². The molecular weight excluding hydrogens is 316 g/mol. The predicted molar refractivity (Wildman–Crippen MR) is 99.7 cm³/mol. The van der Waals surface area contributed by atoms with Gasteiger partial charge in [-0.3, -0.25) is 9.59 Å². The third-order valence-corrected chi connectivity index (χ3v) is 4.93. The Hall–Kier alpha value is -2.08. The Morgan fingerprint density at radius 2 is 1.72 bits per heavy atom.